The Morgan fingerprint density at radius 3 is 2.62 bits per heavy atom. The molecule has 0 aromatic heterocycles. The van der Waals surface area contributed by atoms with Gasteiger partial charge in [-0.05, 0) is 42.8 Å². The highest BCUT2D eigenvalue weighted by molar-refractivity contribution is 9.10. The lowest BCUT2D eigenvalue weighted by atomic mass is 10.1. The first-order valence-electron chi connectivity index (χ1n) is 6.59. The summed E-state index contributed by atoms with van der Waals surface area (Å²) in [6.45, 7) is 2.26. The largest absolute Gasteiger partial charge is 0.325 e. The highest BCUT2D eigenvalue weighted by Crippen LogP contribution is 2.17. The molecule has 3 nitrogen and oxygen atoms in total. The van der Waals surface area contributed by atoms with Gasteiger partial charge in [0.05, 0.1) is 6.54 Å². The van der Waals surface area contributed by atoms with Gasteiger partial charge in [-0.2, -0.15) is 0 Å². The number of halogens is 2. The summed E-state index contributed by atoms with van der Waals surface area (Å²) in [5.41, 5.74) is 1.83. The van der Waals surface area contributed by atoms with Gasteiger partial charge in [-0.1, -0.05) is 45.7 Å². The number of hydrogen-bond donors (Lipinski definition) is 2. The van der Waals surface area contributed by atoms with E-state index in [-0.39, 0.29) is 18.5 Å². The monoisotopic (exact) mass is 366 g/mol. The summed E-state index contributed by atoms with van der Waals surface area (Å²) >= 11 is 9.28. The molecule has 0 fully saturated rings. The summed E-state index contributed by atoms with van der Waals surface area (Å²) in [6, 6.07) is 15.2. The molecule has 2 N–H and O–H groups in total. The second-order valence-corrected chi connectivity index (χ2v) is 6.06. The normalized spacial score (nSPS) is 12.0. The molecule has 0 unspecified atom stereocenters. The molecule has 0 heterocycles. The van der Waals surface area contributed by atoms with Gasteiger partial charge < -0.3 is 10.6 Å². The van der Waals surface area contributed by atoms with E-state index in [9.17, 15) is 4.79 Å². The molecule has 0 bridgehead atoms. The predicted octanol–water partition coefficient (Wildman–Crippen LogP) is 4.39. The number of benzene rings is 2. The Labute approximate surface area is 137 Å². The summed E-state index contributed by atoms with van der Waals surface area (Å²) < 4.78 is 1.04. The molecule has 0 aliphatic carbocycles. The van der Waals surface area contributed by atoms with Crippen molar-refractivity contribution >= 4 is 39.1 Å². The molecule has 0 saturated carbocycles. The van der Waals surface area contributed by atoms with Gasteiger partial charge in [0.1, 0.15) is 0 Å². The van der Waals surface area contributed by atoms with Crippen molar-refractivity contribution in [3.05, 3.63) is 63.6 Å². The standard InChI is InChI=1S/C16H16BrClN2O/c1-11(12-5-7-13(17)8-6-12)19-10-16(21)20-15-4-2-3-14(18)9-15/h2-9,11,19H,10H2,1H3,(H,20,21)/t11-/m0/s1. The van der Waals surface area contributed by atoms with Crippen LogP contribution in [0.1, 0.15) is 18.5 Å². The molecular weight excluding hydrogens is 352 g/mol. The number of carbonyl (C=O) groups is 1. The molecule has 0 aliphatic rings. The lowest BCUT2D eigenvalue weighted by Gasteiger charge is -2.14. The molecule has 1 atom stereocenters. The van der Waals surface area contributed by atoms with Crippen LogP contribution in [-0.2, 0) is 4.79 Å². The van der Waals surface area contributed by atoms with Gasteiger partial charge in [0.2, 0.25) is 5.91 Å². The van der Waals surface area contributed by atoms with Gasteiger partial charge in [-0.3, -0.25) is 4.79 Å². The maximum atomic E-state index is 11.9. The molecule has 0 spiro atoms. The Bertz CT molecular complexity index is 616. The summed E-state index contributed by atoms with van der Waals surface area (Å²) in [7, 11) is 0. The second kappa shape index (κ2) is 7.59. The van der Waals surface area contributed by atoms with E-state index in [1.807, 2.05) is 37.3 Å². The Morgan fingerprint density at radius 1 is 1.24 bits per heavy atom. The first-order valence-corrected chi connectivity index (χ1v) is 7.76. The summed E-state index contributed by atoms with van der Waals surface area (Å²) in [4.78, 5) is 11.9. The van der Waals surface area contributed by atoms with Crippen LogP contribution in [0.25, 0.3) is 0 Å². The van der Waals surface area contributed by atoms with Gasteiger partial charge in [0.15, 0.2) is 0 Å². The van der Waals surface area contributed by atoms with E-state index < -0.39 is 0 Å². The van der Waals surface area contributed by atoms with E-state index in [1.165, 1.54) is 0 Å². The van der Waals surface area contributed by atoms with E-state index in [4.69, 9.17) is 11.6 Å². The zero-order valence-corrected chi connectivity index (χ0v) is 13.9. The van der Waals surface area contributed by atoms with Crippen LogP contribution >= 0.6 is 27.5 Å². The summed E-state index contributed by atoms with van der Waals surface area (Å²) in [6.07, 6.45) is 0. The first-order chi connectivity index (χ1) is 10.0. The average molecular weight is 368 g/mol. The first kappa shape index (κ1) is 16.0. The zero-order valence-electron chi connectivity index (χ0n) is 11.6. The van der Waals surface area contributed by atoms with Crippen LogP contribution in [0.3, 0.4) is 0 Å². The van der Waals surface area contributed by atoms with Crippen LogP contribution in [-0.4, -0.2) is 12.5 Å². The minimum absolute atomic E-state index is 0.0961. The second-order valence-electron chi connectivity index (χ2n) is 4.71. The average Bonchev–Trinajstić information content (AvgIpc) is 2.45. The third-order valence-corrected chi connectivity index (χ3v) is 3.81. The molecule has 5 heteroatoms. The van der Waals surface area contributed by atoms with Crippen molar-refractivity contribution in [2.75, 3.05) is 11.9 Å². The third kappa shape index (κ3) is 5.16. The van der Waals surface area contributed by atoms with Crippen molar-refractivity contribution in [3.63, 3.8) is 0 Å². The fraction of sp³-hybridized carbons (Fsp3) is 0.188. The predicted molar refractivity (Wildman–Crippen MR) is 90.6 cm³/mol. The quantitative estimate of drug-likeness (QED) is 0.823. The number of anilines is 1. The van der Waals surface area contributed by atoms with Crippen LogP contribution in [0.2, 0.25) is 5.02 Å². The Kier molecular flexibility index (Phi) is 5.79. The molecule has 0 radical (unpaired) electrons. The fourth-order valence-corrected chi connectivity index (χ4v) is 2.34. The van der Waals surface area contributed by atoms with E-state index in [2.05, 4.69) is 26.6 Å². The van der Waals surface area contributed by atoms with Crippen molar-refractivity contribution in [1.82, 2.24) is 5.32 Å². The molecule has 2 rings (SSSR count). The fourth-order valence-electron chi connectivity index (χ4n) is 1.89. The lowest BCUT2D eigenvalue weighted by molar-refractivity contribution is -0.115. The number of carbonyl (C=O) groups excluding carboxylic acids is 1. The van der Waals surface area contributed by atoms with Gasteiger partial charge >= 0.3 is 0 Å². The molecule has 110 valence electrons. The molecule has 2 aromatic carbocycles. The molecular formula is C16H16BrClN2O. The molecule has 0 aliphatic heterocycles. The SMILES string of the molecule is C[C@H](NCC(=O)Nc1cccc(Cl)c1)c1ccc(Br)cc1. The van der Waals surface area contributed by atoms with Crippen molar-refractivity contribution in [3.8, 4) is 0 Å². The smallest absolute Gasteiger partial charge is 0.238 e. The van der Waals surface area contributed by atoms with Gasteiger partial charge in [0.25, 0.3) is 0 Å². The highest BCUT2D eigenvalue weighted by atomic mass is 79.9. The van der Waals surface area contributed by atoms with Crippen molar-refractivity contribution in [2.24, 2.45) is 0 Å². The van der Waals surface area contributed by atoms with Gasteiger partial charge in [0, 0.05) is 21.2 Å². The van der Waals surface area contributed by atoms with E-state index in [0.29, 0.717) is 10.7 Å². The number of nitrogens with one attached hydrogen (secondary N) is 2. The zero-order chi connectivity index (χ0) is 15.2. The Hall–Kier alpha value is -1.36. The summed E-state index contributed by atoms with van der Waals surface area (Å²) in [5, 5.41) is 6.60. The lowest BCUT2D eigenvalue weighted by Crippen LogP contribution is -2.30. The maximum Gasteiger partial charge on any atom is 0.238 e. The van der Waals surface area contributed by atoms with Gasteiger partial charge in [-0.25, -0.2) is 0 Å². The maximum absolute atomic E-state index is 11.9. The van der Waals surface area contributed by atoms with E-state index >= 15 is 0 Å². The summed E-state index contributed by atoms with van der Waals surface area (Å²) in [5.74, 6) is -0.0961. The van der Waals surface area contributed by atoms with Crippen molar-refractivity contribution in [2.45, 2.75) is 13.0 Å². The molecule has 21 heavy (non-hydrogen) atoms. The number of hydrogen-bond acceptors (Lipinski definition) is 2. The number of amides is 1. The van der Waals surface area contributed by atoms with Crippen molar-refractivity contribution < 1.29 is 4.79 Å². The topological polar surface area (TPSA) is 41.1 Å². The van der Waals surface area contributed by atoms with Crippen LogP contribution in [0.5, 0.6) is 0 Å². The third-order valence-electron chi connectivity index (χ3n) is 3.05. The minimum atomic E-state index is -0.0961. The highest BCUT2D eigenvalue weighted by Gasteiger charge is 2.08. The van der Waals surface area contributed by atoms with Crippen LogP contribution in [0.4, 0.5) is 5.69 Å². The van der Waals surface area contributed by atoms with E-state index in [1.54, 1.807) is 18.2 Å². The van der Waals surface area contributed by atoms with Gasteiger partial charge in [-0.15, -0.1) is 0 Å². The Morgan fingerprint density at radius 2 is 1.95 bits per heavy atom. The van der Waals surface area contributed by atoms with Crippen LogP contribution in [0.15, 0.2) is 53.0 Å². The Balaban J connectivity index is 1.84. The van der Waals surface area contributed by atoms with E-state index in [0.717, 1.165) is 10.0 Å². The molecule has 2 aromatic rings. The van der Waals surface area contributed by atoms with Crippen LogP contribution in [0, 0.1) is 0 Å². The molecule has 1 amide bonds. The minimum Gasteiger partial charge on any atom is -0.325 e. The molecule has 0 saturated heterocycles. The van der Waals surface area contributed by atoms with Crippen molar-refractivity contribution in [1.29, 1.82) is 0 Å². The van der Waals surface area contributed by atoms with Crippen LogP contribution < -0.4 is 10.6 Å². The number of rotatable bonds is 5.